The van der Waals surface area contributed by atoms with E-state index >= 15 is 0 Å². The minimum absolute atomic E-state index is 0.000294. The van der Waals surface area contributed by atoms with Crippen molar-refractivity contribution in [2.45, 2.75) is 32.2 Å². The molecule has 1 saturated heterocycles. The summed E-state index contributed by atoms with van der Waals surface area (Å²) in [7, 11) is 0. The fraction of sp³-hybridized carbons (Fsp3) is 0.467. The number of benzene rings is 1. The Bertz CT molecular complexity index is 499. The largest absolute Gasteiger partial charge is 0.325 e. The van der Waals surface area contributed by atoms with Crippen LogP contribution in [0.15, 0.2) is 24.3 Å². The van der Waals surface area contributed by atoms with E-state index in [1.165, 1.54) is 0 Å². The maximum atomic E-state index is 12.0. The summed E-state index contributed by atoms with van der Waals surface area (Å²) in [4.78, 5) is 14.2. The van der Waals surface area contributed by atoms with Gasteiger partial charge in [-0.15, -0.1) is 0 Å². The number of hydrogen-bond donors (Lipinski definition) is 1. The standard InChI is InChI=1S/C15H19N3O/c1-15(2)8-3-9-18(15)11-14(19)17-13-6-4-12(10-16)5-7-13/h4-7H,3,8-9,11H2,1-2H3,(H,17,19). The second kappa shape index (κ2) is 5.41. The summed E-state index contributed by atoms with van der Waals surface area (Å²) in [6, 6.07) is 8.97. The van der Waals surface area contributed by atoms with Gasteiger partial charge in [-0.3, -0.25) is 9.69 Å². The van der Waals surface area contributed by atoms with Crippen LogP contribution < -0.4 is 5.32 Å². The normalized spacial score (nSPS) is 17.9. The third-order valence-electron chi connectivity index (χ3n) is 3.70. The van der Waals surface area contributed by atoms with Gasteiger partial charge in [0.15, 0.2) is 0 Å². The zero-order valence-corrected chi connectivity index (χ0v) is 11.4. The molecule has 19 heavy (non-hydrogen) atoms. The first kappa shape index (κ1) is 13.6. The molecule has 1 aromatic carbocycles. The van der Waals surface area contributed by atoms with Crippen molar-refractivity contribution in [2.75, 3.05) is 18.4 Å². The zero-order valence-electron chi connectivity index (χ0n) is 11.4. The van der Waals surface area contributed by atoms with Gasteiger partial charge in [-0.05, 0) is 57.5 Å². The van der Waals surface area contributed by atoms with E-state index in [0.29, 0.717) is 12.1 Å². The van der Waals surface area contributed by atoms with Crippen molar-refractivity contribution in [3.63, 3.8) is 0 Å². The second-order valence-electron chi connectivity index (χ2n) is 5.57. The van der Waals surface area contributed by atoms with Gasteiger partial charge in [-0.25, -0.2) is 0 Å². The Balaban J connectivity index is 1.92. The molecule has 2 rings (SSSR count). The SMILES string of the molecule is CC1(C)CCCN1CC(=O)Nc1ccc(C#N)cc1. The minimum Gasteiger partial charge on any atom is -0.325 e. The van der Waals surface area contributed by atoms with E-state index in [9.17, 15) is 4.79 Å². The average molecular weight is 257 g/mol. The van der Waals surface area contributed by atoms with Crippen LogP contribution in [-0.2, 0) is 4.79 Å². The van der Waals surface area contributed by atoms with Gasteiger partial charge in [-0.1, -0.05) is 0 Å². The Morgan fingerprint density at radius 3 is 2.63 bits per heavy atom. The topological polar surface area (TPSA) is 56.1 Å². The summed E-state index contributed by atoms with van der Waals surface area (Å²) in [5.41, 5.74) is 1.45. The molecule has 0 radical (unpaired) electrons. The number of likely N-dealkylation sites (tertiary alicyclic amines) is 1. The number of nitrogens with one attached hydrogen (secondary N) is 1. The van der Waals surface area contributed by atoms with E-state index in [0.717, 1.165) is 25.1 Å². The van der Waals surface area contributed by atoms with Gasteiger partial charge >= 0.3 is 0 Å². The molecule has 1 aromatic rings. The molecule has 0 aromatic heterocycles. The fourth-order valence-electron chi connectivity index (χ4n) is 2.46. The molecule has 1 heterocycles. The third-order valence-corrected chi connectivity index (χ3v) is 3.70. The van der Waals surface area contributed by atoms with Crippen LogP contribution in [0.4, 0.5) is 5.69 Å². The summed E-state index contributed by atoms with van der Waals surface area (Å²) in [6.45, 7) is 5.75. The first-order valence-corrected chi connectivity index (χ1v) is 6.56. The second-order valence-corrected chi connectivity index (χ2v) is 5.57. The van der Waals surface area contributed by atoms with Crippen molar-refractivity contribution in [2.24, 2.45) is 0 Å². The predicted octanol–water partition coefficient (Wildman–Crippen LogP) is 2.37. The molecule has 0 saturated carbocycles. The quantitative estimate of drug-likeness (QED) is 0.904. The summed E-state index contributed by atoms with van der Waals surface area (Å²) in [6.07, 6.45) is 2.29. The molecule has 4 nitrogen and oxygen atoms in total. The average Bonchev–Trinajstić information content (AvgIpc) is 2.69. The molecule has 1 fully saturated rings. The summed E-state index contributed by atoms with van der Waals surface area (Å²) in [5, 5.41) is 11.6. The van der Waals surface area contributed by atoms with Gasteiger partial charge in [-0.2, -0.15) is 5.26 Å². The molecule has 1 N–H and O–H groups in total. The van der Waals surface area contributed by atoms with Crippen LogP contribution in [0.2, 0.25) is 0 Å². The molecule has 0 unspecified atom stereocenters. The molecule has 4 heteroatoms. The highest BCUT2D eigenvalue weighted by Crippen LogP contribution is 2.27. The van der Waals surface area contributed by atoms with Crippen LogP contribution in [0, 0.1) is 11.3 Å². The van der Waals surface area contributed by atoms with Gasteiger partial charge in [0.2, 0.25) is 5.91 Å². The maximum absolute atomic E-state index is 12.0. The molecule has 1 amide bonds. The van der Waals surface area contributed by atoms with Crippen molar-refractivity contribution in [1.29, 1.82) is 5.26 Å². The van der Waals surface area contributed by atoms with Crippen molar-refractivity contribution in [3.8, 4) is 6.07 Å². The molecule has 1 aliphatic rings. The number of anilines is 1. The molecule has 0 spiro atoms. The number of carbonyl (C=O) groups is 1. The zero-order chi connectivity index (χ0) is 13.9. The number of carbonyl (C=O) groups excluding carboxylic acids is 1. The van der Waals surface area contributed by atoms with E-state index in [1.54, 1.807) is 24.3 Å². The van der Waals surface area contributed by atoms with Gasteiger partial charge in [0, 0.05) is 11.2 Å². The Morgan fingerprint density at radius 2 is 2.11 bits per heavy atom. The van der Waals surface area contributed by atoms with Gasteiger partial charge in [0.05, 0.1) is 18.2 Å². The summed E-state index contributed by atoms with van der Waals surface area (Å²) in [5.74, 6) is -0.000294. The van der Waals surface area contributed by atoms with Gasteiger partial charge in [0.1, 0.15) is 0 Å². The lowest BCUT2D eigenvalue weighted by Crippen LogP contribution is -2.42. The highest BCUT2D eigenvalue weighted by molar-refractivity contribution is 5.92. The third kappa shape index (κ3) is 3.33. The Labute approximate surface area is 114 Å². The Morgan fingerprint density at radius 1 is 1.42 bits per heavy atom. The van der Waals surface area contributed by atoms with Gasteiger partial charge < -0.3 is 5.32 Å². The molecule has 1 aliphatic heterocycles. The molecular formula is C15H19N3O. The first-order valence-electron chi connectivity index (χ1n) is 6.56. The Hall–Kier alpha value is -1.86. The van der Waals surface area contributed by atoms with Crippen molar-refractivity contribution in [1.82, 2.24) is 4.90 Å². The summed E-state index contributed by atoms with van der Waals surface area (Å²) < 4.78 is 0. The molecule has 0 atom stereocenters. The molecule has 0 bridgehead atoms. The monoisotopic (exact) mass is 257 g/mol. The van der Waals surface area contributed by atoms with Crippen LogP contribution in [0.3, 0.4) is 0 Å². The van der Waals surface area contributed by atoms with Crippen LogP contribution in [0.1, 0.15) is 32.3 Å². The highest BCUT2D eigenvalue weighted by atomic mass is 16.2. The predicted molar refractivity (Wildman–Crippen MR) is 74.7 cm³/mol. The van der Waals surface area contributed by atoms with E-state index < -0.39 is 0 Å². The number of nitriles is 1. The van der Waals surface area contributed by atoms with Crippen LogP contribution >= 0.6 is 0 Å². The van der Waals surface area contributed by atoms with E-state index in [1.807, 2.05) is 0 Å². The maximum Gasteiger partial charge on any atom is 0.238 e. The molecule has 100 valence electrons. The van der Waals surface area contributed by atoms with E-state index in [-0.39, 0.29) is 11.4 Å². The van der Waals surface area contributed by atoms with Crippen molar-refractivity contribution < 1.29 is 4.79 Å². The summed E-state index contributed by atoms with van der Waals surface area (Å²) >= 11 is 0. The lowest BCUT2D eigenvalue weighted by Gasteiger charge is -2.30. The Kier molecular flexibility index (Phi) is 3.87. The number of hydrogen-bond acceptors (Lipinski definition) is 3. The number of rotatable bonds is 3. The van der Waals surface area contributed by atoms with E-state index in [2.05, 4.69) is 30.1 Å². The molecule has 0 aliphatic carbocycles. The highest BCUT2D eigenvalue weighted by Gasteiger charge is 2.32. The van der Waals surface area contributed by atoms with Crippen LogP contribution in [0.25, 0.3) is 0 Å². The lowest BCUT2D eigenvalue weighted by molar-refractivity contribution is -0.118. The van der Waals surface area contributed by atoms with E-state index in [4.69, 9.17) is 5.26 Å². The number of nitrogens with zero attached hydrogens (tertiary/aromatic N) is 2. The number of amides is 1. The van der Waals surface area contributed by atoms with Crippen molar-refractivity contribution >= 4 is 11.6 Å². The van der Waals surface area contributed by atoms with Crippen LogP contribution in [0.5, 0.6) is 0 Å². The molecular weight excluding hydrogens is 238 g/mol. The van der Waals surface area contributed by atoms with Gasteiger partial charge in [0.25, 0.3) is 0 Å². The first-order chi connectivity index (χ1) is 9.01. The smallest absolute Gasteiger partial charge is 0.238 e. The minimum atomic E-state index is -0.000294. The van der Waals surface area contributed by atoms with Crippen molar-refractivity contribution in [3.05, 3.63) is 29.8 Å². The van der Waals surface area contributed by atoms with Crippen LogP contribution in [-0.4, -0.2) is 29.4 Å². The lowest BCUT2D eigenvalue weighted by atomic mass is 10.0. The fourth-order valence-corrected chi connectivity index (χ4v) is 2.46.